The predicted molar refractivity (Wildman–Crippen MR) is 71.3 cm³/mol. The molecule has 4 heteroatoms. The molecule has 3 rings (SSSR count). The summed E-state index contributed by atoms with van der Waals surface area (Å²) in [5, 5.41) is 0. The van der Waals surface area contributed by atoms with Crippen molar-refractivity contribution in [1.29, 1.82) is 0 Å². The number of nitrogens with zero attached hydrogens (tertiary/aromatic N) is 1. The molecule has 1 unspecified atom stereocenters. The lowest BCUT2D eigenvalue weighted by Crippen LogP contribution is -2.29. The molecule has 0 spiro atoms. The highest BCUT2D eigenvalue weighted by atomic mass is 16.6. The van der Waals surface area contributed by atoms with Gasteiger partial charge in [0, 0.05) is 12.1 Å². The van der Waals surface area contributed by atoms with Gasteiger partial charge in [-0.3, -0.25) is 4.79 Å². The van der Waals surface area contributed by atoms with Crippen LogP contribution in [0.4, 0.5) is 0 Å². The minimum Gasteiger partial charge on any atom is -0.486 e. The molecule has 1 amide bonds. The maximum atomic E-state index is 11.9. The summed E-state index contributed by atoms with van der Waals surface area (Å²) < 4.78 is 11.3. The first kappa shape index (κ1) is 12.1. The van der Waals surface area contributed by atoms with Crippen LogP contribution in [0.5, 0.6) is 11.5 Å². The Balaban J connectivity index is 1.97. The summed E-state index contributed by atoms with van der Waals surface area (Å²) in [6.07, 6.45) is 3.35. The van der Waals surface area contributed by atoms with E-state index in [1.807, 2.05) is 23.1 Å². The van der Waals surface area contributed by atoms with E-state index in [-0.39, 0.29) is 11.9 Å². The van der Waals surface area contributed by atoms with Crippen molar-refractivity contribution >= 4 is 5.91 Å². The standard InChI is InChI=1S/C15H17NO3/c1-2-14(17)16-8-4-6-12(16)11-5-3-7-13-15(11)19-10-9-18-13/h2-3,5,7,12H,1,4,6,8-10H2. The molecule has 2 aliphatic heterocycles. The Hall–Kier alpha value is -1.97. The minimum absolute atomic E-state index is 0.0168. The number of para-hydroxylation sites is 1. The van der Waals surface area contributed by atoms with Crippen LogP contribution in [0.3, 0.4) is 0 Å². The number of rotatable bonds is 2. The highest BCUT2D eigenvalue weighted by Crippen LogP contribution is 2.42. The minimum atomic E-state index is -0.0168. The van der Waals surface area contributed by atoms with Crippen LogP contribution >= 0.6 is 0 Å². The van der Waals surface area contributed by atoms with Crippen molar-refractivity contribution in [3.63, 3.8) is 0 Å². The summed E-state index contributed by atoms with van der Waals surface area (Å²) in [5.74, 6) is 1.56. The second-order valence-electron chi connectivity index (χ2n) is 4.77. The van der Waals surface area contributed by atoms with E-state index in [1.54, 1.807) is 0 Å². The second kappa shape index (κ2) is 4.96. The van der Waals surface area contributed by atoms with Crippen molar-refractivity contribution in [1.82, 2.24) is 4.90 Å². The van der Waals surface area contributed by atoms with Gasteiger partial charge in [-0.2, -0.15) is 0 Å². The number of hydrogen-bond donors (Lipinski definition) is 0. The van der Waals surface area contributed by atoms with E-state index in [2.05, 4.69) is 6.58 Å². The van der Waals surface area contributed by atoms with Crippen molar-refractivity contribution < 1.29 is 14.3 Å². The molecule has 1 aromatic rings. The largest absolute Gasteiger partial charge is 0.486 e. The Labute approximate surface area is 112 Å². The van der Waals surface area contributed by atoms with Crippen LogP contribution in [0.25, 0.3) is 0 Å². The van der Waals surface area contributed by atoms with Crippen LogP contribution in [0.15, 0.2) is 30.9 Å². The molecule has 1 atom stereocenters. The molecule has 1 saturated heterocycles. The van der Waals surface area contributed by atoms with E-state index in [1.165, 1.54) is 6.08 Å². The van der Waals surface area contributed by atoms with Crippen LogP contribution in [0, 0.1) is 0 Å². The summed E-state index contributed by atoms with van der Waals surface area (Å²) in [6.45, 7) is 5.49. The van der Waals surface area contributed by atoms with Gasteiger partial charge in [-0.25, -0.2) is 0 Å². The zero-order valence-corrected chi connectivity index (χ0v) is 10.8. The Morgan fingerprint density at radius 2 is 2.21 bits per heavy atom. The number of fused-ring (bicyclic) bond motifs is 1. The highest BCUT2D eigenvalue weighted by molar-refractivity contribution is 5.87. The lowest BCUT2D eigenvalue weighted by atomic mass is 10.0. The molecule has 0 aromatic heterocycles. The molecule has 19 heavy (non-hydrogen) atoms. The van der Waals surface area contributed by atoms with Crippen molar-refractivity contribution in [3.05, 3.63) is 36.4 Å². The molecule has 2 aliphatic rings. The lowest BCUT2D eigenvalue weighted by Gasteiger charge is -2.28. The van der Waals surface area contributed by atoms with Crippen molar-refractivity contribution in [2.24, 2.45) is 0 Å². The van der Waals surface area contributed by atoms with Gasteiger partial charge in [0.25, 0.3) is 0 Å². The molecule has 1 fully saturated rings. The molecule has 0 bridgehead atoms. The van der Waals surface area contributed by atoms with Gasteiger partial charge in [-0.05, 0) is 25.0 Å². The number of benzene rings is 1. The molecule has 1 aromatic carbocycles. The Morgan fingerprint density at radius 1 is 1.37 bits per heavy atom. The maximum absolute atomic E-state index is 11.9. The smallest absolute Gasteiger partial charge is 0.246 e. The quantitative estimate of drug-likeness (QED) is 0.765. The molecule has 0 N–H and O–H groups in total. The third-order valence-electron chi connectivity index (χ3n) is 3.67. The van der Waals surface area contributed by atoms with Gasteiger partial charge in [0.15, 0.2) is 11.5 Å². The first-order valence-electron chi connectivity index (χ1n) is 6.63. The van der Waals surface area contributed by atoms with E-state index in [0.717, 1.165) is 36.4 Å². The van der Waals surface area contributed by atoms with Crippen molar-refractivity contribution in [3.8, 4) is 11.5 Å². The number of carbonyl (C=O) groups is 1. The maximum Gasteiger partial charge on any atom is 0.246 e. The third-order valence-corrected chi connectivity index (χ3v) is 3.67. The van der Waals surface area contributed by atoms with Crippen LogP contribution in [-0.4, -0.2) is 30.6 Å². The summed E-state index contributed by atoms with van der Waals surface area (Å²) in [4.78, 5) is 13.8. The average Bonchev–Trinajstić information content (AvgIpc) is 2.95. The van der Waals surface area contributed by atoms with E-state index in [4.69, 9.17) is 9.47 Å². The second-order valence-corrected chi connectivity index (χ2v) is 4.77. The predicted octanol–water partition coefficient (Wildman–Crippen LogP) is 2.31. The van der Waals surface area contributed by atoms with Gasteiger partial charge in [-0.15, -0.1) is 0 Å². The number of likely N-dealkylation sites (tertiary alicyclic amines) is 1. The van der Waals surface area contributed by atoms with Gasteiger partial charge in [0.05, 0.1) is 6.04 Å². The topological polar surface area (TPSA) is 38.8 Å². The molecule has 0 aliphatic carbocycles. The lowest BCUT2D eigenvalue weighted by molar-refractivity contribution is -0.126. The van der Waals surface area contributed by atoms with Gasteiger partial charge in [0.1, 0.15) is 13.2 Å². The Kier molecular flexibility index (Phi) is 3.15. The fourth-order valence-corrected chi connectivity index (χ4v) is 2.83. The average molecular weight is 259 g/mol. The van der Waals surface area contributed by atoms with E-state index < -0.39 is 0 Å². The van der Waals surface area contributed by atoms with E-state index in [9.17, 15) is 4.79 Å². The molecule has 0 radical (unpaired) electrons. The van der Waals surface area contributed by atoms with Crippen LogP contribution in [0.2, 0.25) is 0 Å². The van der Waals surface area contributed by atoms with E-state index in [0.29, 0.717) is 13.2 Å². The summed E-state index contributed by atoms with van der Waals surface area (Å²) in [5.41, 5.74) is 1.05. The number of ether oxygens (including phenoxy) is 2. The molecule has 0 saturated carbocycles. The fraction of sp³-hybridized carbons (Fsp3) is 0.400. The normalized spacial score (nSPS) is 21.3. The monoisotopic (exact) mass is 259 g/mol. The van der Waals surface area contributed by atoms with Gasteiger partial charge >= 0.3 is 0 Å². The summed E-state index contributed by atoms with van der Waals surface area (Å²) >= 11 is 0. The Bertz CT molecular complexity index is 512. The number of amides is 1. The first-order valence-corrected chi connectivity index (χ1v) is 6.63. The fourth-order valence-electron chi connectivity index (χ4n) is 2.83. The highest BCUT2D eigenvalue weighted by Gasteiger charge is 2.32. The number of hydrogen-bond acceptors (Lipinski definition) is 3. The van der Waals surface area contributed by atoms with Gasteiger partial charge in [-0.1, -0.05) is 18.7 Å². The van der Waals surface area contributed by atoms with Crippen molar-refractivity contribution in [2.45, 2.75) is 18.9 Å². The van der Waals surface area contributed by atoms with Crippen molar-refractivity contribution in [2.75, 3.05) is 19.8 Å². The SMILES string of the molecule is C=CC(=O)N1CCCC1c1cccc2c1OCCO2. The number of carbonyl (C=O) groups excluding carboxylic acids is 1. The Morgan fingerprint density at radius 3 is 3.05 bits per heavy atom. The summed E-state index contributed by atoms with van der Waals surface area (Å²) in [7, 11) is 0. The van der Waals surface area contributed by atoms with Crippen LogP contribution in [-0.2, 0) is 4.79 Å². The van der Waals surface area contributed by atoms with Crippen LogP contribution in [0.1, 0.15) is 24.4 Å². The molecule has 2 heterocycles. The molecule has 100 valence electrons. The van der Waals surface area contributed by atoms with Gasteiger partial charge < -0.3 is 14.4 Å². The molecular weight excluding hydrogens is 242 g/mol. The zero-order chi connectivity index (χ0) is 13.2. The zero-order valence-electron chi connectivity index (χ0n) is 10.8. The van der Waals surface area contributed by atoms with Gasteiger partial charge in [0.2, 0.25) is 5.91 Å². The first-order chi connectivity index (χ1) is 9.31. The summed E-state index contributed by atoms with van der Waals surface area (Å²) in [6, 6.07) is 5.96. The van der Waals surface area contributed by atoms with Crippen LogP contribution < -0.4 is 9.47 Å². The molecular formula is C15H17NO3. The third kappa shape index (κ3) is 2.07. The van der Waals surface area contributed by atoms with E-state index >= 15 is 0 Å². The molecule has 4 nitrogen and oxygen atoms in total.